The Morgan fingerprint density at radius 1 is 0.366 bits per heavy atom. The van der Waals surface area contributed by atoms with E-state index in [-0.39, 0.29) is 215 Å². The van der Waals surface area contributed by atoms with E-state index in [0.717, 1.165) is 61.8 Å². The van der Waals surface area contributed by atoms with Gasteiger partial charge in [-0.2, -0.15) is 110 Å². The number of nitrogens with one attached hydrogen (secondary N) is 10. The highest BCUT2D eigenvalue weighted by molar-refractivity contribution is 7.10. The summed E-state index contributed by atoms with van der Waals surface area (Å²) in [6, 6.07) is 17.9. The second kappa shape index (κ2) is 45.4. The Morgan fingerprint density at radius 2 is 0.648 bits per heavy atom. The molecule has 8 aliphatic carbocycles. The van der Waals surface area contributed by atoms with Crippen LogP contribution in [0.15, 0.2) is 78.2 Å². The van der Waals surface area contributed by atoms with E-state index in [1.54, 1.807) is 19.1 Å². The first-order valence-corrected chi connectivity index (χ1v) is 48.2. The molecule has 18 rings (SSSR count). The third-order valence-corrected chi connectivity index (χ3v) is 25.9. The highest BCUT2D eigenvalue weighted by atomic mass is 32.1. The first-order chi connectivity index (χ1) is 67.3. The van der Waals surface area contributed by atoms with Crippen molar-refractivity contribution in [3.05, 3.63) is 100 Å². The molecule has 0 bridgehead atoms. The second-order valence-corrected chi connectivity index (χ2v) is 38.2. The number of hydrogen-bond acceptors (Lipinski definition) is 33. The standard InChI is InChI=1S/C21H26F4N6.C20H24F6N6S.C18H25N7.C17H21F3N6O.C17H17F3N6/c1-13-3-2-4-16(26-13)17-29-18(27-14-5-9-20(22,23)10-6-14)31-19(30-17)28-15-7-11-21(24,25)12-8-15;1-18(21,22)15-29-13(10-33-15)14-30-16(27-11-2-6-19(23,24)7-3-11)32-17(31-14)28-12-4-8-20(25,26)9-5-12;1-10(12-6-7-12)20-17-23-16(14-4-3-5-15(19)22-14)24-18(25-17)21-11(2)13-8-9-13;1-9(8-27)21-15-24-14(12-4-3-5-13(23-12)17(18,19)20)25-16(26-15)22-10(2)11-6-7-11;1-3-9-21-15-24-14(12-5-4-6-13(23-12)17(18,19)20)25-16(26-15)22-10(2)11-7-8-11/h2-4,14-15H,5-12H2,1H3,(H2,27,28,29,30,31);10-12H,2-9H2,1H3,(H2,27,28,30,31,32);3-5,10-13H,6-9H2,1-2H3,(H2,19,22)(H2,20,21,23,24,25);3-5,9-11,27H,6-8H2,1-2H3,(H2,21,22,24,25,26);1,4-6,10-11H,7-9H2,2H3,(H2,21,22,24,25,26)/t;;10-,11-;9-,10-;10-/m..111/s1. The molecule has 0 saturated heterocycles. The van der Waals surface area contributed by atoms with Crippen molar-refractivity contribution in [3.63, 3.8) is 0 Å². The first-order valence-electron chi connectivity index (χ1n) is 47.4. The maximum atomic E-state index is 13.6. The molecule has 764 valence electrons. The second-order valence-electron chi connectivity index (χ2n) is 37.3. The number of aliphatic hydroxyl groups excluding tert-OH is 1. The molecule has 0 aromatic carbocycles. The van der Waals surface area contributed by atoms with Crippen molar-refractivity contribution in [2.45, 2.75) is 299 Å². The van der Waals surface area contributed by atoms with Crippen LogP contribution in [0.3, 0.4) is 0 Å². The Kier molecular flexibility index (Phi) is 33.7. The van der Waals surface area contributed by atoms with Crippen LogP contribution in [0.5, 0.6) is 0 Å². The van der Waals surface area contributed by atoms with Gasteiger partial charge in [0.05, 0.1) is 13.2 Å². The van der Waals surface area contributed by atoms with E-state index >= 15 is 0 Å². The number of thiazole rings is 1. The number of aromatic nitrogens is 20. The van der Waals surface area contributed by atoms with Crippen LogP contribution in [0, 0.1) is 42.9 Å². The average molecular weight is 2020 g/mol. The Labute approximate surface area is 812 Å². The number of anilines is 11. The number of nitrogen functional groups attached to an aromatic ring is 1. The minimum Gasteiger partial charge on any atom is -0.394 e. The van der Waals surface area contributed by atoms with Gasteiger partial charge in [0.1, 0.15) is 45.7 Å². The van der Waals surface area contributed by atoms with E-state index in [4.69, 9.17) is 12.2 Å². The molecule has 13 N–H and O–H groups in total. The quantitative estimate of drug-likeness (QED) is 0.0142. The number of terminal acetylenes is 1. The summed E-state index contributed by atoms with van der Waals surface area (Å²) in [6.07, 6.45) is 6.10. The molecule has 142 heavy (non-hydrogen) atoms. The number of aliphatic hydroxyl groups is 1. The van der Waals surface area contributed by atoms with Gasteiger partial charge >= 0.3 is 12.4 Å². The Hall–Kier alpha value is -12.5. The SMILES string of the molecule is C#CCNc1nc(N[C@H](C)C2CC2)nc(-c2cccc(C(F)(F)F)n2)n1.CC(F)(F)c1nc(-c2nc(NC3CCC(F)(F)CC3)nc(NC3CCC(F)(F)CC3)n2)cs1.C[C@@H](Nc1nc(N[C@H](C)C2CC2)nc(-c2cccc(N)n2)n1)C1CC1.C[C@H](CO)Nc1nc(N[C@H](C)C2CC2)nc(-c2cccc(C(F)(F)F)n2)n1.Cc1cccc(-c2nc(NC3CCC(F)(F)CC3)nc(NC3CCC(F)(F)CC3)n2)n1. The number of aryl methyl sites for hydroxylation is 1. The number of alkyl halides is 16. The molecule has 10 heterocycles. The number of nitrogens with two attached hydrogens (primary N) is 1. The average Bonchev–Trinajstić information content (AvgIpc) is 1.52. The summed E-state index contributed by atoms with van der Waals surface area (Å²) in [5, 5.41) is 41.5. The van der Waals surface area contributed by atoms with Crippen molar-refractivity contribution in [1.82, 2.24) is 99.7 Å². The molecule has 49 heteroatoms. The van der Waals surface area contributed by atoms with Crippen LogP contribution in [-0.2, 0) is 18.3 Å². The highest BCUT2D eigenvalue weighted by Gasteiger charge is 2.43. The summed E-state index contributed by atoms with van der Waals surface area (Å²) in [4.78, 5) is 85.1. The maximum Gasteiger partial charge on any atom is 0.433 e. The van der Waals surface area contributed by atoms with Gasteiger partial charge in [0, 0.05) is 124 Å². The monoisotopic (exact) mass is 2020 g/mol. The molecule has 10 aromatic heterocycles. The molecule has 10 aromatic rings. The Balaban J connectivity index is 0.000000142. The number of pyridine rings is 4. The maximum absolute atomic E-state index is 13.6. The Morgan fingerprint density at radius 3 is 0.944 bits per heavy atom. The van der Waals surface area contributed by atoms with Crippen molar-refractivity contribution >= 4 is 76.6 Å². The van der Waals surface area contributed by atoms with Crippen LogP contribution in [-0.4, -0.2) is 196 Å². The number of halogens is 16. The number of hydrogen-bond donors (Lipinski definition) is 12. The molecule has 8 fully saturated rings. The first kappa shape index (κ1) is 105. The molecule has 8 aliphatic rings. The van der Waals surface area contributed by atoms with Crippen LogP contribution in [0.4, 0.5) is 136 Å². The predicted octanol–water partition coefficient (Wildman–Crippen LogP) is 20.4. The van der Waals surface area contributed by atoms with Crippen molar-refractivity contribution in [2.75, 3.05) is 72.1 Å². The smallest absolute Gasteiger partial charge is 0.394 e. The molecule has 32 nitrogen and oxygen atoms in total. The van der Waals surface area contributed by atoms with E-state index in [2.05, 4.69) is 173 Å². The lowest BCUT2D eigenvalue weighted by molar-refractivity contribution is -0.141. The van der Waals surface area contributed by atoms with Gasteiger partial charge in [0.15, 0.2) is 34.1 Å². The Bertz CT molecular complexity index is 5750. The zero-order valence-corrected chi connectivity index (χ0v) is 79.7. The van der Waals surface area contributed by atoms with Gasteiger partial charge in [-0.15, -0.1) is 17.8 Å². The van der Waals surface area contributed by atoms with Crippen LogP contribution in [0.1, 0.15) is 218 Å². The van der Waals surface area contributed by atoms with E-state index in [1.165, 1.54) is 55.3 Å². The lowest BCUT2D eigenvalue weighted by Crippen LogP contribution is -2.33. The third kappa shape index (κ3) is 32.0. The van der Waals surface area contributed by atoms with E-state index < -0.39 is 58.4 Å². The van der Waals surface area contributed by atoms with Crippen LogP contribution in [0.25, 0.3) is 57.6 Å². The van der Waals surface area contributed by atoms with Gasteiger partial charge in [-0.3, -0.25) is 0 Å². The molecule has 0 aliphatic heterocycles. The summed E-state index contributed by atoms with van der Waals surface area (Å²) in [6.45, 7) is 12.7. The molecular weight excluding hydrogens is 1900 g/mol. The third-order valence-electron chi connectivity index (χ3n) is 24.9. The van der Waals surface area contributed by atoms with Crippen molar-refractivity contribution in [3.8, 4) is 69.9 Å². The van der Waals surface area contributed by atoms with Crippen molar-refractivity contribution < 1.29 is 75.4 Å². The van der Waals surface area contributed by atoms with Gasteiger partial charge in [-0.05, 0) is 216 Å². The van der Waals surface area contributed by atoms with Crippen LogP contribution >= 0.6 is 11.3 Å². The van der Waals surface area contributed by atoms with Gasteiger partial charge in [-0.25, -0.2) is 60.0 Å². The number of nitrogens with zero attached hydrogens (tertiary/aromatic N) is 20. The van der Waals surface area contributed by atoms with Crippen molar-refractivity contribution in [2.24, 2.45) is 23.7 Å². The number of rotatable bonds is 31. The minimum atomic E-state index is -4.56. The summed E-state index contributed by atoms with van der Waals surface area (Å²) < 4.78 is 213. The summed E-state index contributed by atoms with van der Waals surface area (Å²) in [5.74, 6) is -4.64. The van der Waals surface area contributed by atoms with Crippen LogP contribution < -0.4 is 58.9 Å². The summed E-state index contributed by atoms with van der Waals surface area (Å²) in [7, 11) is 0. The van der Waals surface area contributed by atoms with E-state index in [9.17, 15) is 75.4 Å². The van der Waals surface area contributed by atoms with Gasteiger partial charge < -0.3 is 64.0 Å². The lowest BCUT2D eigenvalue weighted by atomic mass is 9.92. The molecule has 0 amide bonds. The largest absolute Gasteiger partial charge is 0.433 e. The van der Waals surface area contributed by atoms with Gasteiger partial charge in [0.2, 0.25) is 83.2 Å². The summed E-state index contributed by atoms with van der Waals surface area (Å²) >= 11 is 0.765. The minimum absolute atomic E-state index is 0.00551. The predicted molar refractivity (Wildman–Crippen MR) is 506 cm³/mol. The molecule has 8 saturated carbocycles. The highest BCUT2D eigenvalue weighted by Crippen LogP contribution is 2.44. The fourth-order valence-corrected chi connectivity index (χ4v) is 16.6. The van der Waals surface area contributed by atoms with Gasteiger partial charge in [0.25, 0.3) is 5.92 Å². The topological polar surface area (TPSA) is 424 Å². The van der Waals surface area contributed by atoms with E-state index in [0.29, 0.717) is 102 Å². The van der Waals surface area contributed by atoms with Crippen LogP contribution in [0.2, 0.25) is 0 Å². The molecule has 0 radical (unpaired) electrons. The van der Waals surface area contributed by atoms with E-state index in [1.807, 2.05) is 45.0 Å². The lowest BCUT2D eigenvalue weighted by Gasteiger charge is -2.30. The molecular formula is C93H113F16N31OS. The fourth-order valence-electron chi connectivity index (χ4n) is 15.9. The molecule has 0 unspecified atom stereocenters. The molecule has 0 spiro atoms. The fraction of sp³-hybridized carbons (Fsp3) is 0.570. The molecule has 5 atom stereocenters. The van der Waals surface area contributed by atoms with Gasteiger partial charge in [-0.1, -0.05) is 30.2 Å². The zero-order valence-electron chi connectivity index (χ0n) is 78.9. The zero-order chi connectivity index (χ0) is 102. The normalized spacial score (nSPS) is 19.1. The van der Waals surface area contributed by atoms with Crippen molar-refractivity contribution in [1.29, 1.82) is 0 Å². The summed E-state index contributed by atoms with van der Waals surface area (Å²) in [5.41, 5.74) is 5.93.